The zero-order chi connectivity index (χ0) is 26.3. The van der Waals surface area contributed by atoms with Crippen molar-refractivity contribution in [3.63, 3.8) is 0 Å². The predicted octanol–water partition coefficient (Wildman–Crippen LogP) is 3.80. The zero-order valence-electron chi connectivity index (χ0n) is 20.5. The molecule has 0 fully saturated rings. The van der Waals surface area contributed by atoms with Gasteiger partial charge in [0.2, 0.25) is 21.8 Å². The van der Waals surface area contributed by atoms with Gasteiger partial charge in [0, 0.05) is 25.0 Å². The number of likely N-dealkylation sites (N-methyl/N-ethyl adjacent to an activating group) is 1. The Bertz CT molecular complexity index is 1280. The number of halogens is 1. The number of sulfonamides is 1. The fourth-order valence-electron chi connectivity index (χ4n) is 3.83. The summed E-state index contributed by atoms with van der Waals surface area (Å²) in [6.45, 7) is 1.64. The lowest BCUT2D eigenvalue weighted by Gasteiger charge is -2.33. The van der Waals surface area contributed by atoms with E-state index in [-0.39, 0.29) is 18.9 Å². The fraction of sp³-hybridized carbons (Fsp3) is 0.259. The summed E-state index contributed by atoms with van der Waals surface area (Å²) in [6.07, 6.45) is 1.32. The van der Waals surface area contributed by atoms with E-state index in [9.17, 15) is 18.0 Å². The monoisotopic (exact) mass is 527 g/mol. The fourth-order valence-corrected chi connectivity index (χ4v) is 4.81. The standard InChI is InChI=1S/C27H30ClN3O4S/c1-20-9-11-22(12-10-20)18-30(25(27(33)29-2)17-21-7-5-4-6-8-21)26(32)19-31(36(3,34)35)24-15-13-23(28)14-16-24/h4-16,25H,17-19H2,1-3H3,(H,29,33)/t25-/m1/s1. The molecule has 0 saturated heterocycles. The molecule has 3 aromatic carbocycles. The first kappa shape index (κ1) is 27.2. The van der Waals surface area contributed by atoms with Gasteiger partial charge in [-0.2, -0.15) is 0 Å². The minimum absolute atomic E-state index is 0.141. The second-order valence-corrected chi connectivity index (χ2v) is 10.9. The van der Waals surface area contributed by atoms with Crippen LogP contribution in [0.2, 0.25) is 5.02 Å². The highest BCUT2D eigenvalue weighted by Gasteiger charge is 2.32. The molecule has 0 saturated carbocycles. The lowest BCUT2D eigenvalue weighted by molar-refractivity contribution is -0.139. The van der Waals surface area contributed by atoms with Crippen molar-refractivity contribution in [3.8, 4) is 0 Å². The van der Waals surface area contributed by atoms with Crippen molar-refractivity contribution < 1.29 is 18.0 Å². The number of carbonyl (C=O) groups excluding carboxylic acids is 2. The average molecular weight is 528 g/mol. The summed E-state index contributed by atoms with van der Waals surface area (Å²) in [5.74, 6) is -0.836. The van der Waals surface area contributed by atoms with E-state index in [0.717, 1.165) is 27.3 Å². The maximum atomic E-state index is 13.8. The molecule has 3 rings (SSSR count). The van der Waals surface area contributed by atoms with Gasteiger partial charge in [0.25, 0.3) is 0 Å². The van der Waals surface area contributed by atoms with E-state index < -0.39 is 28.5 Å². The highest BCUT2D eigenvalue weighted by Crippen LogP contribution is 2.22. The Morgan fingerprint density at radius 2 is 1.53 bits per heavy atom. The van der Waals surface area contributed by atoms with Gasteiger partial charge in [-0.1, -0.05) is 71.8 Å². The van der Waals surface area contributed by atoms with Crippen molar-refractivity contribution in [2.75, 3.05) is 24.2 Å². The van der Waals surface area contributed by atoms with Crippen LogP contribution >= 0.6 is 11.6 Å². The first-order chi connectivity index (χ1) is 17.1. The van der Waals surface area contributed by atoms with Gasteiger partial charge in [-0.05, 0) is 42.3 Å². The number of nitrogens with one attached hydrogen (secondary N) is 1. The van der Waals surface area contributed by atoms with Crippen LogP contribution in [0.1, 0.15) is 16.7 Å². The Balaban J connectivity index is 2.00. The van der Waals surface area contributed by atoms with Crippen LogP contribution in [0.15, 0.2) is 78.9 Å². The van der Waals surface area contributed by atoms with E-state index in [0.29, 0.717) is 10.7 Å². The molecule has 190 valence electrons. The minimum Gasteiger partial charge on any atom is -0.357 e. The van der Waals surface area contributed by atoms with Crippen LogP contribution in [0.4, 0.5) is 5.69 Å². The Morgan fingerprint density at radius 1 is 0.917 bits per heavy atom. The normalized spacial score (nSPS) is 12.0. The topological polar surface area (TPSA) is 86.8 Å². The van der Waals surface area contributed by atoms with Gasteiger partial charge in [0.05, 0.1) is 11.9 Å². The minimum atomic E-state index is -3.81. The molecule has 0 aliphatic carbocycles. The SMILES string of the molecule is CNC(=O)[C@@H](Cc1ccccc1)N(Cc1ccc(C)cc1)C(=O)CN(c1ccc(Cl)cc1)S(C)(=O)=O. The van der Waals surface area contributed by atoms with Crippen molar-refractivity contribution >= 4 is 39.1 Å². The number of rotatable bonds is 10. The molecule has 7 nitrogen and oxygen atoms in total. The number of hydrogen-bond donors (Lipinski definition) is 1. The second-order valence-electron chi connectivity index (χ2n) is 8.57. The van der Waals surface area contributed by atoms with Gasteiger partial charge in [0.15, 0.2) is 0 Å². The molecule has 0 aliphatic rings. The highest BCUT2D eigenvalue weighted by atomic mass is 35.5. The maximum Gasteiger partial charge on any atom is 0.244 e. The van der Waals surface area contributed by atoms with Crippen molar-refractivity contribution in [2.45, 2.75) is 25.9 Å². The second kappa shape index (κ2) is 12.1. The van der Waals surface area contributed by atoms with Gasteiger partial charge in [-0.15, -0.1) is 0 Å². The largest absolute Gasteiger partial charge is 0.357 e. The summed E-state index contributed by atoms with van der Waals surface area (Å²) in [5.41, 5.74) is 3.08. The average Bonchev–Trinajstić information content (AvgIpc) is 2.86. The molecule has 0 aliphatic heterocycles. The number of benzene rings is 3. The van der Waals surface area contributed by atoms with Crippen LogP contribution in [0.3, 0.4) is 0 Å². The van der Waals surface area contributed by atoms with E-state index in [1.54, 1.807) is 24.3 Å². The van der Waals surface area contributed by atoms with Gasteiger partial charge < -0.3 is 10.2 Å². The molecule has 9 heteroatoms. The van der Waals surface area contributed by atoms with Gasteiger partial charge in [-0.3, -0.25) is 13.9 Å². The third-order valence-corrected chi connectivity index (χ3v) is 7.18. The zero-order valence-corrected chi connectivity index (χ0v) is 22.1. The van der Waals surface area contributed by atoms with Gasteiger partial charge >= 0.3 is 0 Å². The maximum absolute atomic E-state index is 13.8. The third-order valence-electron chi connectivity index (χ3n) is 5.78. The van der Waals surface area contributed by atoms with Crippen LogP contribution in [0, 0.1) is 6.92 Å². The summed E-state index contributed by atoms with van der Waals surface area (Å²) in [4.78, 5) is 28.3. The number of hydrogen-bond acceptors (Lipinski definition) is 4. The Kier molecular flexibility index (Phi) is 9.12. The first-order valence-electron chi connectivity index (χ1n) is 11.4. The number of amides is 2. The Morgan fingerprint density at radius 3 is 2.08 bits per heavy atom. The van der Waals surface area contributed by atoms with Crippen LogP contribution in [0.5, 0.6) is 0 Å². The van der Waals surface area contributed by atoms with Crippen LogP contribution in [0.25, 0.3) is 0 Å². The van der Waals surface area contributed by atoms with Crippen molar-refractivity contribution in [2.24, 2.45) is 0 Å². The van der Waals surface area contributed by atoms with Crippen molar-refractivity contribution in [1.82, 2.24) is 10.2 Å². The number of nitrogens with zero attached hydrogens (tertiary/aromatic N) is 2. The van der Waals surface area contributed by atoms with Crippen molar-refractivity contribution in [1.29, 1.82) is 0 Å². The van der Waals surface area contributed by atoms with Gasteiger partial charge in [0.1, 0.15) is 12.6 Å². The number of anilines is 1. The van der Waals surface area contributed by atoms with Crippen molar-refractivity contribution in [3.05, 3.63) is 101 Å². The first-order valence-corrected chi connectivity index (χ1v) is 13.6. The smallest absolute Gasteiger partial charge is 0.244 e. The summed E-state index contributed by atoms with van der Waals surface area (Å²) < 4.78 is 26.4. The summed E-state index contributed by atoms with van der Waals surface area (Å²) in [5, 5.41) is 3.10. The lowest BCUT2D eigenvalue weighted by atomic mass is 10.0. The molecule has 0 aromatic heterocycles. The van der Waals surface area contributed by atoms with Crippen LogP contribution < -0.4 is 9.62 Å². The molecule has 0 bridgehead atoms. The number of aryl methyl sites for hydroxylation is 1. The van der Waals surface area contributed by atoms with E-state index in [4.69, 9.17) is 11.6 Å². The highest BCUT2D eigenvalue weighted by molar-refractivity contribution is 7.92. The predicted molar refractivity (Wildman–Crippen MR) is 143 cm³/mol. The molecule has 1 N–H and O–H groups in total. The summed E-state index contributed by atoms with van der Waals surface area (Å²) in [6, 6.07) is 22.4. The summed E-state index contributed by atoms with van der Waals surface area (Å²) in [7, 11) is -2.29. The Labute approximate surface area is 217 Å². The molecule has 0 heterocycles. The molecular weight excluding hydrogens is 498 g/mol. The van der Waals surface area contributed by atoms with Crippen LogP contribution in [-0.2, 0) is 32.6 Å². The Hall–Kier alpha value is -3.36. The molecule has 36 heavy (non-hydrogen) atoms. The molecule has 0 spiro atoms. The molecular formula is C27H30ClN3O4S. The van der Waals surface area contributed by atoms with E-state index in [1.807, 2.05) is 61.5 Å². The summed E-state index contributed by atoms with van der Waals surface area (Å²) >= 11 is 5.97. The lowest BCUT2D eigenvalue weighted by Crippen LogP contribution is -2.52. The molecule has 0 radical (unpaired) electrons. The molecule has 1 atom stereocenters. The molecule has 3 aromatic rings. The van der Waals surface area contributed by atoms with Gasteiger partial charge in [-0.25, -0.2) is 8.42 Å². The van der Waals surface area contributed by atoms with Crippen LogP contribution in [-0.4, -0.2) is 51.0 Å². The quantitative estimate of drug-likeness (QED) is 0.434. The van der Waals surface area contributed by atoms with E-state index in [2.05, 4.69) is 5.32 Å². The van der Waals surface area contributed by atoms with E-state index >= 15 is 0 Å². The van der Waals surface area contributed by atoms with E-state index in [1.165, 1.54) is 11.9 Å². The number of carbonyl (C=O) groups is 2. The third kappa shape index (κ3) is 7.32. The molecule has 0 unspecified atom stereocenters. The molecule has 2 amide bonds.